The van der Waals surface area contributed by atoms with Gasteiger partial charge in [0.25, 0.3) is 0 Å². The molecule has 0 saturated heterocycles. The molecule has 5 nitrogen and oxygen atoms in total. The van der Waals surface area contributed by atoms with E-state index >= 15 is 0 Å². The second-order valence-electron chi connectivity index (χ2n) is 3.04. The highest BCUT2D eigenvalue weighted by Crippen LogP contribution is 1.84. The van der Waals surface area contributed by atoms with E-state index in [1.165, 1.54) is 0 Å². The molecule has 74 valence electrons. The van der Waals surface area contributed by atoms with Crippen LogP contribution in [0.2, 0.25) is 0 Å². The number of nitrogens with one attached hydrogen (secondary N) is 2. The zero-order chi connectivity index (χ0) is 9.97. The van der Waals surface area contributed by atoms with Crippen LogP contribution in [0.5, 0.6) is 0 Å². The van der Waals surface area contributed by atoms with Gasteiger partial charge in [0.15, 0.2) is 5.49 Å². The van der Waals surface area contributed by atoms with Crippen molar-refractivity contribution in [2.24, 2.45) is 10.7 Å². The van der Waals surface area contributed by atoms with Crippen LogP contribution in [0, 0.1) is 0 Å². The van der Waals surface area contributed by atoms with E-state index in [2.05, 4.69) is 20.3 Å². The fraction of sp³-hybridized carbons (Fsp3) is 0.333. The van der Waals surface area contributed by atoms with Crippen LogP contribution in [0.25, 0.3) is 5.82 Å². The van der Waals surface area contributed by atoms with Crippen LogP contribution in [-0.4, -0.2) is 16.5 Å². The monoisotopic (exact) mass is 191 g/mol. The fourth-order valence-electron chi connectivity index (χ4n) is 1.29. The Morgan fingerprint density at radius 3 is 3.21 bits per heavy atom. The molecule has 0 aliphatic carbocycles. The van der Waals surface area contributed by atoms with Gasteiger partial charge < -0.3 is 16.0 Å². The second-order valence-corrected chi connectivity index (χ2v) is 3.04. The minimum absolute atomic E-state index is 0.573. The first kappa shape index (κ1) is 8.80. The summed E-state index contributed by atoms with van der Waals surface area (Å²) in [6, 6.07) is 0. The van der Waals surface area contributed by atoms with Crippen molar-refractivity contribution in [1.29, 1.82) is 0 Å². The summed E-state index contributed by atoms with van der Waals surface area (Å²) < 4.78 is 0. The zero-order valence-corrected chi connectivity index (χ0v) is 8.04. The van der Waals surface area contributed by atoms with Crippen molar-refractivity contribution in [3.05, 3.63) is 28.9 Å². The molecule has 0 saturated carbocycles. The van der Waals surface area contributed by atoms with Crippen molar-refractivity contribution in [3.63, 3.8) is 0 Å². The van der Waals surface area contributed by atoms with Gasteiger partial charge in [-0.2, -0.15) is 0 Å². The van der Waals surface area contributed by atoms with Crippen molar-refractivity contribution >= 4 is 5.82 Å². The normalized spacial score (nSPS) is 23.6. The lowest BCUT2D eigenvalue weighted by molar-refractivity contribution is 0.945. The van der Waals surface area contributed by atoms with Gasteiger partial charge in [-0.25, -0.2) is 9.98 Å². The average Bonchev–Trinajstić information content (AvgIpc) is 2.57. The Kier molecular flexibility index (Phi) is 2.22. The summed E-state index contributed by atoms with van der Waals surface area (Å²) in [5, 5.41) is 3.76. The summed E-state index contributed by atoms with van der Waals surface area (Å²) >= 11 is 0. The van der Waals surface area contributed by atoms with Crippen LogP contribution in [-0.2, 0) is 6.42 Å². The predicted molar refractivity (Wildman–Crippen MR) is 53.5 cm³/mol. The Morgan fingerprint density at radius 2 is 2.43 bits per heavy atom. The van der Waals surface area contributed by atoms with Gasteiger partial charge in [0.1, 0.15) is 17.0 Å². The standard InChI is InChI=1S/C9H13N5/c1-2-6-13-7-8(10)11-4-3-5-12-9(7)14-6/h3,5,11H,2,4,10H2,1H3,(H,12,13,14)/b5-3-,8-7-. The number of aromatic amines is 1. The van der Waals surface area contributed by atoms with Crippen molar-refractivity contribution in [2.45, 2.75) is 13.3 Å². The number of imidazole rings is 1. The highest BCUT2D eigenvalue weighted by atomic mass is 15.0. The molecule has 1 aromatic heterocycles. The first-order valence-electron chi connectivity index (χ1n) is 4.62. The maximum Gasteiger partial charge on any atom is 0.161 e. The van der Waals surface area contributed by atoms with Crippen molar-refractivity contribution < 1.29 is 0 Å². The van der Waals surface area contributed by atoms with Gasteiger partial charge in [-0.05, 0) is 6.08 Å². The minimum Gasteiger partial charge on any atom is -0.384 e. The molecule has 0 aromatic carbocycles. The molecular formula is C9H13N5. The van der Waals surface area contributed by atoms with E-state index in [1.807, 2.05) is 13.0 Å². The molecular weight excluding hydrogens is 178 g/mol. The third kappa shape index (κ3) is 1.48. The highest BCUT2D eigenvalue weighted by Gasteiger charge is 2.02. The van der Waals surface area contributed by atoms with E-state index < -0.39 is 0 Å². The maximum atomic E-state index is 5.81. The molecule has 0 bridgehead atoms. The van der Waals surface area contributed by atoms with E-state index in [1.54, 1.807) is 6.20 Å². The van der Waals surface area contributed by atoms with Crippen molar-refractivity contribution in [3.8, 4) is 0 Å². The zero-order valence-electron chi connectivity index (χ0n) is 8.04. The number of hydrogen-bond acceptors (Lipinski definition) is 4. The molecule has 0 atom stereocenters. The molecule has 0 spiro atoms. The van der Waals surface area contributed by atoms with E-state index in [0.717, 1.165) is 17.7 Å². The van der Waals surface area contributed by atoms with E-state index in [0.29, 0.717) is 17.7 Å². The molecule has 0 amide bonds. The van der Waals surface area contributed by atoms with Crippen LogP contribution >= 0.6 is 0 Å². The lowest BCUT2D eigenvalue weighted by Gasteiger charge is -2.01. The lowest BCUT2D eigenvalue weighted by atomic mass is 10.5. The summed E-state index contributed by atoms with van der Waals surface area (Å²) in [4.78, 5) is 11.7. The average molecular weight is 191 g/mol. The number of H-pyrrole nitrogens is 1. The van der Waals surface area contributed by atoms with Gasteiger partial charge >= 0.3 is 0 Å². The Balaban J connectivity index is 2.70. The maximum absolute atomic E-state index is 5.81. The summed E-state index contributed by atoms with van der Waals surface area (Å²) in [5.74, 6) is 1.47. The Hall–Kier alpha value is -1.78. The molecule has 14 heavy (non-hydrogen) atoms. The van der Waals surface area contributed by atoms with Crippen molar-refractivity contribution in [1.82, 2.24) is 15.3 Å². The molecule has 1 aliphatic heterocycles. The molecule has 1 aromatic rings. The van der Waals surface area contributed by atoms with E-state index in [9.17, 15) is 0 Å². The van der Waals surface area contributed by atoms with Gasteiger partial charge in [-0.15, -0.1) is 0 Å². The number of aryl methyl sites for hydroxylation is 1. The SMILES string of the molecule is CCc1nc2/c([nH]1)=N\C=C/CN/C=2N. The molecule has 0 radical (unpaired) electrons. The van der Waals surface area contributed by atoms with Gasteiger partial charge in [-0.3, -0.25) is 0 Å². The Labute approximate surface area is 81.4 Å². The van der Waals surface area contributed by atoms with E-state index in [-0.39, 0.29) is 0 Å². The van der Waals surface area contributed by atoms with Gasteiger partial charge in [0.05, 0.1) is 0 Å². The fourth-order valence-corrected chi connectivity index (χ4v) is 1.29. The van der Waals surface area contributed by atoms with Crippen LogP contribution in [0.15, 0.2) is 17.3 Å². The topological polar surface area (TPSA) is 79.1 Å². The van der Waals surface area contributed by atoms with Crippen LogP contribution in [0.4, 0.5) is 0 Å². The number of fused-ring (bicyclic) bond motifs is 1. The third-order valence-corrected chi connectivity index (χ3v) is 2.04. The summed E-state index contributed by atoms with van der Waals surface area (Å²) in [6.45, 7) is 2.72. The highest BCUT2D eigenvalue weighted by molar-refractivity contribution is 5.35. The molecule has 5 heteroatoms. The summed E-state index contributed by atoms with van der Waals surface area (Å²) in [5.41, 5.74) is 6.54. The lowest BCUT2D eigenvalue weighted by Crippen LogP contribution is -2.37. The third-order valence-electron chi connectivity index (χ3n) is 2.04. The number of aromatic nitrogens is 2. The quantitative estimate of drug-likeness (QED) is 0.518. The largest absolute Gasteiger partial charge is 0.384 e. The minimum atomic E-state index is 0.573. The van der Waals surface area contributed by atoms with Crippen molar-refractivity contribution in [2.75, 3.05) is 6.54 Å². The van der Waals surface area contributed by atoms with Crippen LogP contribution in [0.1, 0.15) is 12.7 Å². The van der Waals surface area contributed by atoms with Gasteiger partial charge in [0, 0.05) is 19.2 Å². The smallest absolute Gasteiger partial charge is 0.161 e. The van der Waals surface area contributed by atoms with Crippen LogP contribution < -0.4 is 21.9 Å². The molecule has 0 fully saturated rings. The molecule has 4 N–H and O–H groups in total. The predicted octanol–water partition coefficient (Wildman–Crippen LogP) is -1.27. The number of rotatable bonds is 1. The first-order chi connectivity index (χ1) is 6.81. The Morgan fingerprint density at radius 1 is 1.57 bits per heavy atom. The summed E-state index contributed by atoms with van der Waals surface area (Å²) in [7, 11) is 0. The molecule has 2 rings (SSSR count). The number of hydrogen-bond donors (Lipinski definition) is 3. The summed E-state index contributed by atoms with van der Waals surface area (Å²) in [6.07, 6.45) is 4.50. The van der Waals surface area contributed by atoms with Gasteiger partial charge in [-0.1, -0.05) is 6.92 Å². The second kappa shape index (κ2) is 3.53. The molecule has 0 unspecified atom stereocenters. The number of nitrogens with zero attached hydrogens (tertiary/aromatic N) is 2. The number of nitrogens with two attached hydrogens (primary N) is 1. The first-order valence-corrected chi connectivity index (χ1v) is 4.62. The molecule has 2 heterocycles. The van der Waals surface area contributed by atoms with Gasteiger partial charge in [0.2, 0.25) is 0 Å². The van der Waals surface area contributed by atoms with E-state index in [4.69, 9.17) is 5.73 Å². The van der Waals surface area contributed by atoms with Crippen LogP contribution in [0.3, 0.4) is 0 Å². The molecule has 1 aliphatic rings. The Bertz CT molecular complexity index is 468.